The van der Waals surface area contributed by atoms with Gasteiger partial charge in [0.05, 0.1) is 0 Å². The minimum atomic E-state index is -0.237. The van der Waals surface area contributed by atoms with Gasteiger partial charge in [0.1, 0.15) is 11.4 Å². The smallest absolute Gasteiger partial charge is 0.256 e. The topological polar surface area (TPSA) is 85.4 Å². The summed E-state index contributed by atoms with van der Waals surface area (Å²) in [5.41, 5.74) is 3.12. The largest absolute Gasteiger partial charge is 0.372 e. The zero-order chi connectivity index (χ0) is 23.3. The van der Waals surface area contributed by atoms with E-state index in [1.807, 2.05) is 0 Å². The lowest BCUT2D eigenvalue weighted by Crippen LogP contribution is -2.46. The van der Waals surface area contributed by atoms with Crippen LogP contribution in [0.5, 0.6) is 0 Å². The first kappa shape index (κ1) is 23.0. The molecular formula is C25H35N7O. The van der Waals surface area contributed by atoms with Crippen LogP contribution in [-0.4, -0.2) is 67.6 Å². The fourth-order valence-corrected chi connectivity index (χ4v) is 4.78. The molecule has 2 aromatic rings. The third-order valence-corrected chi connectivity index (χ3v) is 7.04. The van der Waals surface area contributed by atoms with Gasteiger partial charge in [0.15, 0.2) is 0 Å². The van der Waals surface area contributed by atoms with Crippen LogP contribution in [0.4, 0.5) is 23.1 Å². The minimum Gasteiger partial charge on any atom is -0.372 e. The molecule has 8 nitrogen and oxygen atoms in total. The summed E-state index contributed by atoms with van der Waals surface area (Å²) in [4.78, 5) is 26.0. The molecule has 176 valence electrons. The van der Waals surface area contributed by atoms with E-state index in [1.54, 1.807) is 13.1 Å². The first-order chi connectivity index (χ1) is 16.0. The molecule has 2 fully saturated rings. The number of anilines is 4. The fraction of sp³-hybridized carbons (Fsp3) is 0.480. The second-order valence-electron chi connectivity index (χ2n) is 9.17. The second kappa shape index (κ2) is 10.2. The summed E-state index contributed by atoms with van der Waals surface area (Å²) >= 11 is 0. The second-order valence-corrected chi connectivity index (χ2v) is 9.17. The molecule has 2 aliphatic rings. The van der Waals surface area contributed by atoms with Crippen LogP contribution in [0.15, 0.2) is 43.1 Å². The van der Waals surface area contributed by atoms with E-state index in [0.29, 0.717) is 29.3 Å². The average Bonchev–Trinajstić information content (AvgIpc) is 2.85. The molecule has 0 atom stereocenters. The predicted octanol–water partition coefficient (Wildman–Crippen LogP) is 3.49. The Hall–Kier alpha value is -3.13. The van der Waals surface area contributed by atoms with Gasteiger partial charge in [0.2, 0.25) is 5.95 Å². The number of carbonyl (C=O) groups is 1. The number of aromatic nitrogens is 2. The van der Waals surface area contributed by atoms with Crippen molar-refractivity contribution in [1.29, 1.82) is 0 Å². The van der Waals surface area contributed by atoms with E-state index in [-0.39, 0.29) is 5.91 Å². The van der Waals surface area contributed by atoms with Crippen LogP contribution in [0, 0.1) is 5.41 Å². The number of piperidine rings is 2. The summed E-state index contributed by atoms with van der Waals surface area (Å²) in [5, 5.41) is 8.95. The Morgan fingerprint density at radius 1 is 1.12 bits per heavy atom. The zero-order valence-electron chi connectivity index (χ0n) is 19.7. The normalized spacial score (nSPS) is 18.1. The van der Waals surface area contributed by atoms with Crippen LogP contribution >= 0.6 is 0 Å². The highest BCUT2D eigenvalue weighted by atomic mass is 16.1. The first-order valence-corrected chi connectivity index (χ1v) is 11.8. The van der Waals surface area contributed by atoms with Gasteiger partial charge in [-0.15, -0.1) is 6.58 Å². The van der Waals surface area contributed by atoms with Crippen molar-refractivity contribution in [3.63, 3.8) is 0 Å². The van der Waals surface area contributed by atoms with Crippen LogP contribution in [0.3, 0.4) is 0 Å². The summed E-state index contributed by atoms with van der Waals surface area (Å²) in [6.45, 7) is 8.72. The standard InChI is InChI=1S/C25H35N7O/c1-4-13-27-23(33)21-18-28-24(30-22(21)26-2)29-19-5-7-20(8-6-19)32-16-11-25(12-17-32)9-14-31(3)15-10-25/h4-8,18H,1,9-17H2,2-3H3,(H,27,33)(H2,26,28,29,30). The van der Waals surface area contributed by atoms with Crippen molar-refractivity contribution in [2.45, 2.75) is 25.7 Å². The molecule has 3 N–H and O–H groups in total. The number of nitrogens with one attached hydrogen (secondary N) is 3. The third kappa shape index (κ3) is 5.45. The molecule has 0 unspecified atom stereocenters. The van der Waals surface area contributed by atoms with Gasteiger partial charge in [-0.1, -0.05) is 6.08 Å². The van der Waals surface area contributed by atoms with E-state index in [4.69, 9.17) is 0 Å². The van der Waals surface area contributed by atoms with Crippen molar-refractivity contribution in [2.24, 2.45) is 5.41 Å². The molecule has 0 saturated carbocycles. The molecule has 1 aromatic heterocycles. The zero-order valence-corrected chi connectivity index (χ0v) is 19.7. The van der Waals surface area contributed by atoms with Gasteiger partial charge in [-0.3, -0.25) is 4.79 Å². The molecule has 0 bridgehead atoms. The minimum absolute atomic E-state index is 0.237. The summed E-state index contributed by atoms with van der Waals surface area (Å²) in [7, 11) is 3.97. The number of hydrogen-bond acceptors (Lipinski definition) is 7. The van der Waals surface area contributed by atoms with E-state index in [0.717, 1.165) is 18.8 Å². The number of amides is 1. The molecule has 0 radical (unpaired) electrons. The van der Waals surface area contributed by atoms with E-state index >= 15 is 0 Å². The maximum absolute atomic E-state index is 12.2. The predicted molar refractivity (Wildman–Crippen MR) is 134 cm³/mol. The Bertz CT molecular complexity index is 957. The number of benzene rings is 1. The van der Waals surface area contributed by atoms with Gasteiger partial charge in [-0.25, -0.2) is 4.98 Å². The number of likely N-dealkylation sites (tertiary alicyclic amines) is 1. The van der Waals surface area contributed by atoms with Gasteiger partial charge >= 0.3 is 0 Å². The van der Waals surface area contributed by atoms with Gasteiger partial charge in [0.25, 0.3) is 5.91 Å². The van der Waals surface area contributed by atoms with E-state index in [1.165, 1.54) is 50.7 Å². The van der Waals surface area contributed by atoms with Gasteiger partial charge in [-0.05, 0) is 75.5 Å². The Morgan fingerprint density at radius 3 is 2.42 bits per heavy atom. The van der Waals surface area contributed by atoms with Crippen molar-refractivity contribution in [2.75, 3.05) is 62.4 Å². The van der Waals surface area contributed by atoms with Crippen LogP contribution in [0.2, 0.25) is 0 Å². The molecule has 33 heavy (non-hydrogen) atoms. The number of nitrogens with zero attached hydrogens (tertiary/aromatic N) is 4. The van der Waals surface area contributed by atoms with Crippen molar-refractivity contribution in [3.05, 3.63) is 48.7 Å². The van der Waals surface area contributed by atoms with Crippen LogP contribution < -0.4 is 20.9 Å². The maximum Gasteiger partial charge on any atom is 0.256 e. The Labute approximate surface area is 196 Å². The van der Waals surface area contributed by atoms with Crippen LogP contribution in [-0.2, 0) is 0 Å². The van der Waals surface area contributed by atoms with Gasteiger partial charge < -0.3 is 25.8 Å². The van der Waals surface area contributed by atoms with E-state index in [9.17, 15) is 4.79 Å². The summed E-state index contributed by atoms with van der Waals surface area (Å²) < 4.78 is 0. The van der Waals surface area contributed by atoms with Crippen molar-refractivity contribution >= 4 is 29.0 Å². The SMILES string of the molecule is C=CCNC(=O)c1cnc(Nc2ccc(N3CCC4(CCN(C)CC4)CC3)cc2)nc1NC. The molecule has 4 rings (SSSR count). The molecule has 2 saturated heterocycles. The first-order valence-electron chi connectivity index (χ1n) is 11.8. The Balaban J connectivity index is 1.36. The van der Waals surface area contributed by atoms with Crippen LogP contribution in [0.1, 0.15) is 36.0 Å². The number of rotatable bonds is 7. The lowest BCUT2D eigenvalue weighted by Gasteiger charge is -2.46. The highest BCUT2D eigenvalue weighted by molar-refractivity contribution is 5.98. The summed E-state index contributed by atoms with van der Waals surface area (Å²) in [5.74, 6) is 0.676. The molecule has 1 aromatic carbocycles. The monoisotopic (exact) mass is 449 g/mol. The van der Waals surface area contributed by atoms with E-state index < -0.39 is 0 Å². The Kier molecular flexibility index (Phi) is 7.13. The molecule has 3 heterocycles. The van der Waals surface area contributed by atoms with Crippen molar-refractivity contribution in [3.8, 4) is 0 Å². The molecule has 2 aliphatic heterocycles. The lowest BCUT2D eigenvalue weighted by atomic mass is 9.71. The van der Waals surface area contributed by atoms with Gasteiger partial charge in [0, 0.05) is 44.3 Å². The number of carbonyl (C=O) groups excluding carboxylic acids is 1. The molecule has 1 amide bonds. The number of hydrogen-bond donors (Lipinski definition) is 3. The average molecular weight is 450 g/mol. The fourth-order valence-electron chi connectivity index (χ4n) is 4.78. The van der Waals surface area contributed by atoms with Gasteiger partial charge in [-0.2, -0.15) is 4.98 Å². The quantitative estimate of drug-likeness (QED) is 0.558. The molecule has 8 heteroatoms. The van der Waals surface area contributed by atoms with E-state index in [2.05, 4.69) is 73.6 Å². The Morgan fingerprint density at radius 2 is 1.79 bits per heavy atom. The lowest BCUT2D eigenvalue weighted by molar-refractivity contribution is 0.0944. The molecule has 0 aliphatic carbocycles. The molecular weight excluding hydrogens is 414 g/mol. The highest BCUT2D eigenvalue weighted by Crippen LogP contribution is 2.41. The highest BCUT2D eigenvalue weighted by Gasteiger charge is 2.36. The van der Waals surface area contributed by atoms with Crippen LogP contribution in [0.25, 0.3) is 0 Å². The molecule has 1 spiro atoms. The summed E-state index contributed by atoms with van der Waals surface area (Å²) in [6.07, 6.45) is 8.41. The maximum atomic E-state index is 12.2. The van der Waals surface area contributed by atoms with Crippen molar-refractivity contribution < 1.29 is 4.79 Å². The third-order valence-electron chi connectivity index (χ3n) is 7.04. The summed E-state index contributed by atoms with van der Waals surface area (Å²) in [6, 6.07) is 8.43. The van der Waals surface area contributed by atoms with Crippen molar-refractivity contribution in [1.82, 2.24) is 20.2 Å².